The number of amides is 2. The first-order chi connectivity index (χ1) is 20.7. The van der Waals surface area contributed by atoms with Crippen LogP contribution in [0.15, 0.2) is 70.1 Å². The predicted molar refractivity (Wildman–Crippen MR) is 152 cm³/mol. The Kier molecular flexibility index (Phi) is 8.69. The lowest BCUT2D eigenvalue weighted by Gasteiger charge is -2.20. The fraction of sp³-hybridized carbons (Fsp3) is 0.300. The normalized spacial score (nSPS) is 13.4. The van der Waals surface area contributed by atoms with Gasteiger partial charge in [-0.2, -0.15) is 4.98 Å². The third-order valence-electron chi connectivity index (χ3n) is 6.77. The summed E-state index contributed by atoms with van der Waals surface area (Å²) in [7, 11) is 0. The van der Waals surface area contributed by atoms with Gasteiger partial charge < -0.3 is 14.6 Å². The number of ketones is 1. The molecule has 1 unspecified atom stereocenters. The van der Waals surface area contributed by atoms with E-state index in [2.05, 4.69) is 25.8 Å². The minimum atomic E-state index is -1.05. The molecule has 5 rings (SSSR count). The van der Waals surface area contributed by atoms with Gasteiger partial charge in [0, 0.05) is 5.92 Å². The zero-order chi connectivity index (χ0) is 30.5. The van der Waals surface area contributed by atoms with Crippen LogP contribution in [-0.2, 0) is 22.7 Å². The lowest BCUT2D eigenvalue weighted by molar-refractivity contribution is -0.122. The highest BCUT2D eigenvalue weighted by atomic mass is 19.1. The van der Waals surface area contributed by atoms with E-state index < -0.39 is 41.7 Å². The summed E-state index contributed by atoms with van der Waals surface area (Å²) in [6.45, 7) is 2.77. The first-order valence-electron chi connectivity index (χ1n) is 13.7. The number of rotatable bonds is 11. The Morgan fingerprint density at radius 1 is 1.09 bits per heavy atom. The number of nitrogens with zero attached hydrogens (tertiary/aromatic N) is 4. The topological polar surface area (TPSA) is 158 Å². The number of hydrogen-bond acceptors (Lipinski definition) is 9. The summed E-state index contributed by atoms with van der Waals surface area (Å²) in [5, 5.41) is 8.83. The van der Waals surface area contributed by atoms with Crippen LogP contribution in [-0.4, -0.2) is 43.5 Å². The largest absolute Gasteiger partial charge is 0.444 e. The van der Waals surface area contributed by atoms with Crippen molar-refractivity contribution in [3.8, 4) is 11.4 Å². The summed E-state index contributed by atoms with van der Waals surface area (Å²) in [5.41, 5.74) is -0.432. The number of aromatic nitrogens is 4. The average Bonchev–Trinajstić information content (AvgIpc) is 3.73. The Hall–Kier alpha value is -5.20. The van der Waals surface area contributed by atoms with Gasteiger partial charge in [0.2, 0.25) is 11.7 Å². The van der Waals surface area contributed by atoms with Crippen molar-refractivity contribution in [3.63, 3.8) is 0 Å². The number of ether oxygens (including phenoxy) is 1. The molecule has 0 spiro atoms. The van der Waals surface area contributed by atoms with Crippen LogP contribution in [0.25, 0.3) is 11.4 Å². The van der Waals surface area contributed by atoms with Crippen LogP contribution in [0.2, 0.25) is 0 Å². The Morgan fingerprint density at radius 3 is 2.51 bits per heavy atom. The molecule has 2 aromatic heterocycles. The Labute approximate surface area is 245 Å². The molecule has 0 bridgehead atoms. The van der Waals surface area contributed by atoms with Crippen molar-refractivity contribution in [2.75, 3.05) is 5.32 Å². The van der Waals surface area contributed by atoms with E-state index in [-0.39, 0.29) is 41.4 Å². The van der Waals surface area contributed by atoms with Crippen molar-refractivity contribution < 1.29 is 28.0 Å². The van der Waals surface area contributed by atoms with Crippen LogP contribution in [0, 0.1) is 11.7 Å². The van der Waals surface area contributed by atoms with Gasteiger partial charge in [0.15, 0.2) is 5.82 Å². The predicted octanol–water partition coefficient (Wildman–Crippen LogP) is 4.08. The Morgan fingerprint density at radius 2 is 1.81 bits per heavy atom. The summed E-state index contributed by atoms with van der Waals surface area (Å²) >= 11 is 0. The van der Waals surface area contributed by atoms with Crippen molar-refractivity contribution in [2.45, 2.75) is 51.8 Å². The number of benzene rings is 2. The van der Waals surface area contributed by atoms with Crippen molar-refractivity contribution in [1.29, 1.82) is 0 Å². The van der Waals surface area contributed by atoms with Crippen LogP contribution < -0.4 is 16.2 Å². The maximum absolute atomic E-state index is 14.8. The summed E-state index contributed by atoms with van der Waals surface area (Å²) in [4.78, 5) is 60.8. The monoisotopic (exact) mass is 588 g/mol. The summed E-state index contributed by atoms with van der Waals surface area (Å²) < 4.78 is 26.0. The van der Waals surface area contributed by atoms with Gasteiger partial charge >= 0.3 is 6.09 Å². The Bertz CT molecular complexity index is 1700. The highest BCUT2D eigenvalue weighted by molar-refractivity contribution is 5.98. The first kappa shape index (κ1) is 29.3. The van der Waals surface area contributed by atoms with Crippen LogP contribution in [0.5, 0.6) is 0 Å². The molecular weight excluding hydrogens is 559 g/mol. The fourth-order valence-electron chi connectivity index (χ4n) is 4.32. The van der Waals surface area contributed by atoms with E-state index in [9.17, 15) is 23.6 Å². The highest BCUT2D eigenvalue weighted by Crippen LogP contribution is 2.38. The molecule has 1 aliphatic rings. The second-order valence-corrected chi connectivity index (χ2v) is 10.4. The van der Waals surface area contributed by atoms with E-state index in [0.717, 1.165) is 29.2 Å². The molecule has 0 radical (unpaired) electrons. The fourth-order valence-corrected chi connectivity index (χ4v) is 4.32. The van der Waals surface area contributed by atoms with Crippen LogP contribution >= 0.6 is 0 Å². The second-order valence-electron chi connectivity index (χ2n) is 10.4. The van der Waals surface area contributed by atoms with E-state index in [4.69, 9.17) is 9.26 Å². The lowest BCUT2D eigenvalue weighted by atomic mass is 9.99. The van der Waals surface area contributed by atoms with Gasteiger partial charge in [0.25, 0.3) is 11.4 Å². The van der Waals surface area contributed by atoms with Crippen molar-refractivity contribution in [1.82, 2.24) is 25.0 Å². The highest BCUT2D eigenvalue weighted by Gasteiger charge is 2.34. The molecule has 0 saturated heterocycles. The third-order valence-corrected chi connectivity index (χ3v) is 6.77. The standard InChI is InChI=1S/C30H29FN6O6/c1-17(2)24(25(39)28-35-26(36-43-28)19-12-13-19)34-23(38)15-37-27(20-10-6-7-11-21(20)31)32-14-22(29(37)40)33-30(41)42-16-18-8-4-3-5-9-18/h3-11,14,17,19,24H,12-13,15-16H2,1-2H3,(H,33,41)(H,34,38). The molecule has 0 aliphatic heterocycles. The summed E-state index contributed by atoms with van der Waals surface area (Å²) in [5.74, 6) is -2.10. The molecule has 12 nitrogen and oxygen atoms in total. The molecule has 1 saturated carbocycles. The van der Waals surface area contributed by atoms with Gasteiger partial charge in [-0.1, -0.05) is 61.5 Å². The minimum absolute atomic E-state index is 0.0412. The second kappa shape index (κ2) is 12.8. The van der Waals surface area contributed by atoms with E-state index in [1.165, 1.54) is 18.2 Å². The van der Waals surface area contributed by atoms with Gasteiger partial charge in [-0.15, -0.1) is 0 Å². The van der Waals surface area contributed by atoms with Gasteiger partial charge in [0.1, 0.15) is 30.5 Å². The molecule has 2 aromatic carbocycles. The quantitative estimate of drug-likeness (QED) is 0.246. The van der Waals surface area contributed by atoms with E-state index in [1.54, 1.807) is 44.2 Å². The number of anilines is 1. The molecule has 1 fully saturated rings. The average molecular weight is 589 g/mol. The number of halogens is 1. The first-order valence-corrected chi connectivity index (χ1v) is 13.7. The summed E-state index contributed by atoms with van der Waals surface area (Å²) in [6.07, 6.45) is 1.98. The number of Topliss-reactive ketones (excluding diaryl/α,β-unsaturated/α-hetero) is 1. The molecule has 222 valence electrons. The molecule has 2 heterocycles. The molecule has 43 heavy (non-hydrogen) atoms. The smallest absolute Gasteiger partial charge is 0.412 e. The maximum Gasteiger partial charge on any atom is 0.412 e. The van der Waals surface area contributed by atoms with Gasteiger partial charge in [-0.25, -0.2) is 14.2 Å². The van der Waals surface area contributed by atoms with Crippen molar-refractivity contribution in [3.05, 3.63) is 94.2 Å². The summed E-state index contributed by atoms with van der Waals surface area (Å²) in [6, 6.07) is 13.5. The van der Waals surface area contributed by atoms with Gasteiger partial charge in [-0.05, 0) is 36.5 Å². The third kappa shape index (κ3) is 7.00. The molecular formula is C30H29FN6O6. The van der Waals surface area contributed by atoms with Crippen LogP contribution in [0.3, 0.4) is 0 Å². The number of hydrogen-bond donors (Lipinski definition) is 2. The molecule has 1 atom stereocenters. The van der Waals surface area contributed by atoms with Crippen molar-refractivity contribution >= 4 is 23.5 Å². The SMILES string of the molecule is CC(C)C(NC(=O)Cn1c(-c2ccccc2F)ncc(NC(=O)OCc2ccccc2)c1=O)C(=O)c1nc(C2CC2)no1. The molecule has 2 amide bonds. The minimum Gasteiger partial charge on any atom is -0.444 e. The zero-order valence-electron chi connectivity index (χ0n) is 23.5. The van der Waals surface area contributed by atoms with E-state index in [1.807, 2.05) is 6.07 Å². The van der Waals surface area contributed by atoms with Crippen LogP contribution in [0.1, 0.15) is 54.7 Å². The zero-order valence-corrected chi connectivity index (χ0v) is 23.5. The van der Waals surface area contributed by atoms with Gasteiger partial charge in [0.05, 0.1) is 17.8 Å². The number of carbonyl (C=O) groups is 3. The maximum atomic E-state index is 14.8. The van der Waals surface area contributed by atoms with Gasteiger partial charge in [-0.3, -0.25) is 24.3 Å². The molecule has 2 N–H and O–H groups in total. The van der Waals surface area contributed by atoms with Crippen molar-refractivity contribution in [2.24, 2.45) is 5.92 Å². The molecule has 1 aliphatic carbocycles. The number of carbonyl (C=O) groups excluding carboxylic acids is 3. The van der Waals surface area contributed by atoms with E-state index in [0.29, 0.717) is 5.82 Å². The Balaban J connectivity index is 1.38. The van der Waals surface area contributed by atoms with E-state index >= 15 is 0 Å². The molecule has 13 heteroatoms. The lowest BCUT2D eigenvalue weighted by Crippen LogP contribution is -2.46. The van der Waals surface area contributed by atoms with Crippen LogP contribution in [0.4, 0.5) is 14.9 Å². The number of nitrogens with one attached hydrogen (secondary N) is 2. The molecule has 4 aromatic rings.